The predicted molar refractivity (Wildman–Crippen MR) is 104 cm³/mol. The fourth-order valence-corrected chi connectivity index (χ4v) is 5.66. The zero-order chi connectivity index (χ0) is 32.0. The van der Waals surface area contributed by atoms with Crippen LogP contribution in [-0.4, -0.2) is 91.3 Å². The van der Waals surface area contributed by atoms with Crippen LogP contribution in [0.1, 0.15) is 13.8 Å². The normalized spacial score (nSPS) is 19.2. The quantitative estimate of drug-likeness (QED) is 0.0387. The van der Waals surface area contributed by atoms with Gasteiger partial charge in [0, 0.05) is 0 Å². The molecule has 1 rings (SSSR count). The van der Waals surface area contributed by atoms with Crippen molar-refractivity contribution in [3.8, 4) is 0 Å². The number of nitrogens with one attached hydrogen (secondary N) is 1. The van der Waals surface area contributed by atoms with Crippen molar-refractivity contribution in [2.75, 3.05) is 19.8 Å². The Balaban J connectivity index is 3.29. The minimum absolute atomic E-state index is 0.400. The summed E-state index contributed by atoms with van der Waals surface area (Å²) in [6.07, 6.45) is -26.9. The van der Waals surface area contributed by atoms with Crippen LogP contribution >= 0.6 is 22.6 Å². The zero-order valence-electron chi connectivity index (χ0n) is 19.3. The molecule has 0 radical (unpaired) electrons. The summed E-state index contributed by atoms with van der Waals surface area (Å²) in [7, 11) is 0. The summed E-state index contributed by atoms with van der Waals surface area (Å²) in [5.41, 5.74) is -14.9. The maximum atomic E-state index is 12.9. The predicted octanol–water partition coefficient (Wildman–Crippen LogP) is -0.539. The molecule has 1 aliphatic heterocycles. The molecule has 236 valence electrons. The standard InChI is InChI=1S/C17H16F12I2NO8/c1-10(3-38-7(33)11(2,30)6-31-32-6,4-39-8(34)12(36,14(18,19)20)15(21,22)23)5-40-9(35)13(37,16(24,25)26)17(27,28)29/h6,32,36-37H,3-5H2,1-2H3/q-1. The average Bonchev–Trinajstić information content (AvgIpc) is 3.61. The summed E-state index contributed by atoms with van der Waals surface area (Å²) < 4.78 is 168. The third-order valence-corrected chi connectivity index (χ3v) is 9.73. The van der Waals surface area contributed by atoms with Gasteiger partial charge < -0.3 is 0 Å². The molecule has 0 aliphatic carbocycles. The van der Waals surface area contributed by atoms with Crippen LogP contribution in [0, 0.1) is 5.41 Å². The summed E-state index contributed by atoms with van der Waals surface area (Å²) >= 11 is 0.907. The molecule has 0 amide bonds. The minimum atomic E-state index is -6.73. The van der Waals surface area contributed by atoms with Gasteiger partial charge in [0.15, 0.2) is 0 Å². The molecule has 1 fully saturated rings. The summed E-state index contributed by atoms with van der Waals surface area (Å²) in [6.45, 7) is -3.19. The molecule has 40 heavy (non-hydrogen) atoms. The fraction of sp³-hybridized carbons (Fsp3) is 0.824. The topological polar surface area (TPSA) is 141 Å². The van der Waals surface area contributed by atoms with Gasteiger partial charge in [-0.2, -0.15) is 0 Å². The second kappa shape index (κ2) is 11.5. The first-order valence-corrected chi connectivity index (χ1v) is 13.2. The Hall–Kier alpha value is -1.09. The van der Waals surface area contributed by atoms with Crippen LogP contribution in [-0.2, 0) is 28.6 Å². The van der Waals surface area contributed by atoms with Crippen molar-refractivity contribution in [2.45, 2.75) is 57.2 Å². The molecule has 0 saturated carbocycles. The fourth-order valence-electron chi connectivity index (χ4n) is 2.32. The second-order valence-electron chi connectivity index (χ2n) is 8.61. The van der Waals surface area contributed by atoms with Gasteiger partial charge in [-0.15, -0.1) is 0 Å². The number of rotatable bonds is 10. The van der Waals surface area contributed by atoms with E-state index in [4.69, 9.17) is 14.9 Å². The van der Waals surface area contributed by atoms with Gasteiger partial charge in [0.25, 0.3) is 0 Å². The van der Waals surface area contributed by atoms with Crippen molar-refractivity contribution < 1.29 is 113 Å². The van der Waals surface area contributed by atoms with E-state index in [1.807, 2.05) is 0 Å². The Morgan fingerprint density at radius 3 is 1.15 bits per heavy atom. The maximum absolute atomic E-state index is 12.9. The van der Waals surface area contributed by atoms with Crippen molar-refractivity contribution in [3.63, 3.8) is 0 Å². The van der Waals surface area contributed by atoms with Crippen LogP contribution in [0.15, 0.2) is 0 Å². The van der Waals surface area contributed by atoms with Crippen molar-refractivity contribution in [2.24, 2.45) is 5.41 Å². The van der Waals surface area contributed by atoms with Gasteiger partial charge in [-0.05, 0) is 0 Å². The van der Waals surface area contributed by atoms with Crippen molar-refractivity contribution in [1.82, 2.24) is 3.53 Å². The van der Waals surface area contributed by atoms with Crippen LogP contribution in [0.3, 0.4) is 0 Å². The molecule has 0 aromatic carbocycles. The molecule has 0 aromatic rings. The summed E-state index contributed by atoms with van der Waals surface area (Å²) in [5, 5.41) is 18.1. The van der Waals surface area contributed by atoms with Crippen LogP contribution in [0.4, 0.5) is 52.7 Å². The number of carbonyl (C=O) groups excluding carboxylic acids is 3. The molecule has 1 saturated heterocycles. The third-order valence-electron chi connectivity index (χ3n) is 4.98. The first kappa shape index (κ1) is 36.9. The van der Waals surface area contributed by atoms with Crippen molar-refractivity contribution in [3.05, 3.63) is 0 Å². The van der Waals surface area contributed by atoms with Crippen LogP contribution in [0.2, 0.25) is 0 Å². The molecule has 1 aliphatic rings. The Morgan fingerprint density at radius 1 is 0.675 bits per heavy atom. The van der Waals surface area contributed by atoms with E-state index in [0.717, 1.165) is 0 Å². The van der Waals surface area contributed by atoms with E-state index in [0.29, 0.717) is 6.92 Å². The van der Waals surface area contributed by atoms with Crippen molar-refractivity contribution in [1.29, 1.82) is 0 Å². The number of esters is 3. The molecule has 2 unspecified atom stereocenters. The first-order chi connectivity index (χ1) is 17.5. The molecule has 23 heteroatoms. The first-order valence-electron chi connectivity index (χ1n) is 9.79. The van der Waals surface area contributed by atoms with E-state index in [1.165, 1.54) is 6.92 Å². The number of halogens is 14. The monoisotopic (exact) mass is 844 g/mol. The van der Waals surface area contributed by atoms with Crippen molar-refractivity contribution >= 4 is 40.5 Å². The number of hydrogen-bond acceptors (Lipinski definition) is 9. The Kier molecular flexibility index (Phi) is 10.7. The molecular weight excluding hydrogens is 828 g/mol. The number of alkyl halides is 14. The van der Waals surface area contributed by atoms with Gasteiger partial charge >= 0.3 is 239 Å². The van der Waals surface area contributed by atoms with Gasteiger partial charge in [0.05, 0.1) is 0 Å². The van der Waals surface area contributed by atoms with Gasteiger partial charge in [-0.3, -0.25) is 0 Å². The zero-order valence-corrected chi connectivity index (χ0v) is 23.6. The summed E-state index contributed by atoms with van der Waals surface area (Å²) in [5.74, 6) is -8.00. The van der Waals surface area contributed by atoms with E-state index in [2.05, 4.69) is 13.0 Å². The molecule has 0 spiro atoms. The molecule has 9 nitrogen and oxygen atoms in total. The van der Waals surface area contributed by atoms with E-state index in [9.17, 15) is 67.1 Å². The van der Waals surface area contributed by atoms with Crippen LogP contribution in [0.5, 0.6) is 0 Å². The Bertz CT molecular complexity index is 893. The average molecular weight is 844 g/mol. The number of hydrogen-bond donors (Lipinski definition) is 3. The van der Waals surface area contributed by atoms with Crippen LogP contribution in [0.25, 0.3) is 0 Å². The Labute approximate surface area is 239 Å². The SMILES string of the molecule is CC(COC(=O)C(C)(I)C1N[I-]1)(COC(=O)C(O)(C(F)(F)F)C(F)(F)F)COC(=O)C(O)(C(F)(F)F)C(F)(F)F. The third kappa shape index (κ3) is 7.45. The molecule has 0 bridgehead atoms. The van der Waals surface area contributed by atoms with E-state index in [-0.39, 0.29) is 0 Å². The molecule has 1 heterocycles. The second-order valence-corrected chi connectivity index (χ2v) is 13.3. The van der Waals surface area contributed by atoms with E-state index < -0.39 is 108 Å². The van der Waals surface area contributed by atoms with Crippen LogP contribution < -0.4 is 25.0 Å². The molecule has 3 N–H and O–H groups in total. The van der Waals surface area contributed by atoms with Gasteiger partial charge in [0.1, 0.15) is 0 Å². The van der Waals surface area contributed by atoms with Gasteiger partial charge in [-0.1, -0.05) is 0 Å². The Morgan fingerprint density at radius 2 is 0.925 bits per heavy atom. The molecule has 2 atom stereocenters. The summed E-state index contributed by atoms with van der Waals surface area (Å²) in [6, 6.07) is 0. The number of carbonyl (C=O) groups is 3. The number of aliphatic hydroxyl groups is 2. The number of ether oxygens (including phenoxy) is 3. The van der Waals surface area contributed by atoms with E-state index >= 15 is 0 Å². The summed E-state index contributed by atoms with van der Waals surface area (Å²) in [4.78, 5) is 35.7. The molecular formula is C17H16F12I2NO8-. The van der Waals surface area contributed by atoms with E-state index in [1.54, 1.807) is 22.6 Å². The molecule has 0 aromatic heterocycles. The van der Waals surface area contributed by atoms with Gasteiger partial charge in [0.2, 0.25) is 0 Å². The van der Waals surface area contributed by atoms with Gasteiger partial charge in [-0.25, -0.2) is 0 Å².